The van der Waals surface area contributed by atoms with Gasteiger partial charge in [-0.15, -0.1) is 11.3 Å². The van der Waals surface area contributed by atoms with Gasteiger partial charge in [0.1, 0.15) is 0 Å². The van der Waals surface area contributed by atoms with Crippen molar-refractivity contribution in [2.45, 2.75) is 19.4 Å². The highest BCUT2D eigenvalue weighted by Gasteiger charge is 2.22. The number of aryl methyl sites for hydroxylation is 1. The zero-order valence-corrected chi connectivity index (χ0v) is 11.9. The van der Waals surface area contributed by atoms with E-state index in [9.17, 15) is 4.79 Å². The lowest BCUT2D eigenvalue weighted by Gasteiger charge is -2.14. The van der Waals surface area contributed by atoms with Crippen molar-refractivity contribution in [3.63, 3.8) is 0 Å². The molecule has 19 heavy (non-hydrogen) atoms. The van der Waals surface area contributed by atoms with Gasteiger partial charge in [0.05, 0.1) is 12.5 Å². The Hall–Kier alpha value is -1.36. The van der Waals surface area contributed by atoms with Gasteiger partial charge in [0.25, 0.3) is 0 Å². The van der Waals surface area contributed by atoms with Crippen LogP contribution in [0.1, 0.15) is 26.9 Å². The molecule has 0 spiro atoms. The molecule has 1 aliphatic heterocycles. The first kappa shape index (κ1) is 12.7. The lowest BCUT2D eigenvalue weighted by atomic mass is 10.0. The molecule has 1 unspecified atom stereocenters. The van der Waals surface area contributed by atoms with Crippen molar-refractivity contribution in [1.82, 2.24) is 0 Å². The molecule has 1 aromatic heterocycles. The smallest absolute Gasteiger partial charge is 0.228 e. The van der Waals surface area contributed by atoms with Crippen LogP contribution in [-0.4, -0.2) is 5.91 Å². The van der Waals surface area contributed by atoms with Crippen LogP contribution < -0.4 is 11.1 Å². The minimum Gasteiger partial charge on any atom is -0.325 e. The predicted octanol–water partition coefficient (Wildman–Crippen LogP) is 3.25. The monoisotopic (exact) mass is 292 g/mol. The van der Waals surface area contributed by atoms with Crippen LogP contribution in [0.5, 0.6) is 0 Å². The first-order valence-corrected chi connectivity index (χ1v) is 7.18. The van der Waals surface area contributed by atoms with Crippen LogP contribution in [0.3, 0.4) is 0 Å². The summed E-state index contributed by atoms with van der Waals surface area (Å²) >= 11 is 7.95. The summed E-state index contributed by atoms with van der Waals surface area (Å²) in [4.78, 5) is 13.7. The number of rotatable bonds is 2. The number of nitrogens with two attached hydrogens (primary N) is 1. The molecule has 98 valence electrons. The summed E-state index contributed by atoms with van der Waals surface area (Å²) in [5, 5.41) is 3.38. The van der Waals surface area contributed by atoms with E-state index in [4.69, 9.17) is 17.3 Å². The molecule has 2 heterocycles. The lowest BCUT2D eigenvalue weighted by Crippen LogP contribution is -2.11. The number of hydrogen-bond acceptors (Lipinski definition) is 3. The number of carbonyl (C=O) groups is 1. The average molecular weight is 293 g/mol. The van der Waals surface area contributed by atoms with Gasteiger partial charge in [0.2, 0.25) is 5.91 Å². The van der Waals surface area contributed by atoms with E-state index < -0.39 is 0 Å². The summed E-state index contributed by atoms with van der Waals surface area (Å²) in [5.41, 5.74) is 8.92. The molecule has 1 aromatic carbocycles. The number of benzene rings is 1. The number of halogens is 1. The van der Waals surface area contributed by atoms with Crippen LogP contribution >= 0.6 is 22.9 Å². The summed E-state index contributed by atoms with van der Waals surface area (Å²) < 4.78 is 0. The number of anilines is 1. The van der Waals surface area contributed by atoms with Crippen molar-refractivity contribution in [3.8, 4) is 0 Å². The molecule has 1 atom stereocenters. The van der Waals surface area contributed by atoms with Gasteiger partial charge in [-0.2, -0.15) is 0 Å². The largest absolute Gasteiger partial charge is 0.325 e. The quantitative estimate of drug-likeness (QED) is 0.893. The molecule has 0 saturated carbocycles. The van der Waals surface area contributed by atoms with Gasteiger partial charge in [-0.3, -0.25) is 4.79 Å². The molecule has 5 heteroatoms. The van der Waals surface area contributed by atoms with Crippen LogP contribution in [-0.2, 0) is 11.2 Å². The fraction of sp³-hybridized carbons (Fsp3) is 0.214. The van der Waals surface area contributed by atoms with Crippen molar-refractivity contribution >= 4 is 34.5 Å². The summed E-state index contributed by atoms with van der Waals surface area (Å²) in [6.07, 6.45) is 0.399. The molecule has 0 bridgehead atoms. The third-order valence-electron chi connectivity index (χ3n) is 3.25. The highest BCUT2D eigenvalue weighted by molar-refractivity contribution is 7.12. The van der Waals surface area contributed by atoms with Crippen molar-refractivity contribution < 1.29 is 4.79 Å². The third-order valence-corrected chi connectivity index (χ3v) is 4.66. The topological polar surface area (TPSA) is 55.1 Å². The van der Waals surface area contributed by atoms with E-state index in [0.717, 1.165) is 21.7 Å². The number of thiophene rings is 1. The third kappa shape index (κ3) is 2.27. The van der Waals surface area contributed by atoms with Gasteiger partial charge >= 0.3 is 0 Å². The predicted molar refractivity (Wildman–Crippen MR) is 78.9 cm³/mol. The Morgan fingerprint density at radius 3 is 2.89 bits per heavy atom. The summed E-state index contributed by atoms with van der Waals surface area (Å²) in [7, 11) is 0. The Bertz CT molecular complexity index is 665. The van der Waals surface area contributed by atoms with Crippen LogP contribution in [0, 0.1) is 6.92 Å². The number of carbonyl (C=O) groups excluding carboxylic acids is 1. The van der Waals surface area contributed by atoms with Gasteiger partial charge in [0.15, 0.2) is 0 Å². The Labute approximate surface area is 120 Å². The van der Waals surface area contributed by atoms with Gasteiger partial charge < -0.3 is 11.1 Å². The van der Waals surface area contributed by atoms with E-state index in [1.807, 2.05) is 25.1 Å². The van der Waals surface area contributed by atoms with Crippen molar-refractivity contribution in [1.29, 1.82) is 0 Å². The zero-order valence-electron chi connectivity index (χ0n) is 10.4. The highest BCUT2D eigenvalue weighted by atomic mass is 35.5. The molecular weight excluding hydrogens is 280 g/mol. The fourth-order valence-electron chi connectivity index (χ4n) is 2.28. The second kappa shape index (κ2) is 4.63. The SMILES string of the molecule is Cc1ccc(C(N)c2cc3c(cc2Cl)NC(=O)C3)s1. The molecule has 3 nitrogen and oxygen atoms in total. The Morgan fingerprint density at radius 2 is 2.21 bits per heavy atom. The molecule has 1 aliphatic rings. The first-order chi connectivity index (χ1) is 9.04. The summed E-state index contributed by atoms with van der Waals surface area (Å²) in [5.74, 6) is 0.00348. The highest BCUT2D eigenvalue weighted by Crippen LogP contribution is 2.35. The molecule has 2 aromatic rings. The second-order valence-electron chi connectivity index (χ2n) is 4.68. The van der Waals surface area contributed by atoms with Crippen LogP contribution in [0.25, 0.3) is 0 Å². The maximum absolute atomic E-state index is 11.4. The molecular formula is C14H13ClN2OS. The molecule has 0 fully saturated rings. The normalized spacial score (nSPS) is 15.2. The Morgan fingerprint density at radius 1 is 1.42 bits per heavy atom. The van der Waals surface area contributed by atoms with E-state index in [2.05, 4.69) is 5.32 Å². The average Bonchev–Trinajstić information content (AvgIpc) is 2.92. The molecule has 0 radical (unpaired) electrons. The first-order valence-electron chi connectivity index (χ1n) is 5.98. The standard InChI is InChI=1S/C14H13ClN2OS/c1-7-2-3-12(19-7)14(16)9-4-8-5-13(18)17-11(8)6-10(9)15/h2-4,6,14H,5,16H2,1H3,(H,17,18). The number of fused-ring (bicyclic) bond motifs is 1. The van der Waals surface area contributed by atoms with Gasteiger partial charge in [-0.1, -0.05) is 11.6 Å². The number of amides is 1. The van der Waals surface area contributed by atoms with Crippen molar-refractivity contribution in [3.05, 3.63) is 50.2 Å². The van der Waals surface area contributed by atoms with Crippen LogP contribution in [0.15, 0.2) is 24.3 Å². The fourth-order valence-corrected chi connectivity index (χ4v) is 3.46. The Balaban J connectivity index is 2.02. The number of nitrogens with one attached hydrogen (secondary N) is 1. The maximum atomic E-state index is 11.4. The summed E-state index contributed by atoms with van der Waals surface area (Å²) in [6.45, 7) is 2.05. The van der Waals surface area contributed by atoms with E-state index in [1.165, 1.54) is 4.88 Å². The van der Waals surface area contributed by atoms with E-state index in [-0.39, 0.29) is 11.9 Å². The van der Waals surface area contributed by atoms with Gasteiger partial charge in [0, 0.05) is 20.5 Å². The van der Waals surface area contributed by atoms with E-state index >= 15 is 0 Å². The van der Waals surface area contributed by atoms with Crippen molar-refractivity contribution in [2.24, 2.45) is 5.73 Å². The van der Waals surface area contributed by atoms with Crippen LogP contribution in [0.2, 0.25) is 5.02 Å². The summed E-state index contributed by atoms with van der Waals surface area (Å²) in [6, 6.07) is 7.56. The van der Waals surface area contributed by atoms with Gasteiger partial charge in [-0.05, 0) is 42.3 Å². The van der Waals surface area contributed by atoms with Crippen LogP contribution in [0.4, 0.5) is 5.69 Å². The minimum atomic E-state index is -0.243. The molecule has 0 aliphatic carbocycles. The van der Waals surface area contributed by atoms with E-state index in [1.54, 1.807) is 17.4 Å². The number of hydrogen-bond donors (Lipinski definition) is 2. The van der Waals surface area contributed by atoms with E-state index in [0.29, 0.717) is 11.4 Å². The molecule has 3 N–H and O–H groups in total. The minimum absolute atomic E-state index is 0.00348. The zero-order chi connectivity index (χ0) is 13.6. The van der Waals surface area contributed by atoms with Crippen molar-refractivity contribution in [2.75, 3.05) is 5.32 Å². The molecule has 3 rings (SSSR count). The second-order valence-corrected chi connectivity index (χ2v) is 6.41. The van der Waals surface area contributed by atoms with Gasteiger partial charge in [-0.25, -0.2) is 0 Å². The lowest BCUT2D eigenvalue weighted by molar-refractivity contribution is -0.115. The Kier molecular flexibility index (Phi) is 3.09. The molecule has 0 saturated heterocycles. The maximum Gasteiger partial charge on any atom is 0.228 e. The molecule has 1 amide bonds.